The van der Waals surface area contributed by atoms with Crippen LogP contribution in [0, 0.1) is 19.7 Å². The second-order valence-electron chi connectivity index (χ2n) is 5.33. The smallest absolute Gasteiger partial charge is 0.251 e. The van der Waals surface area contributed by atoms with E-state index in [9.17, 15) is 9.18 Å². The summed E-state index contributed by atoms with van der Waals surface area (Å²) in [7, 11) is 1.89. The van der Waals surface area contributed by atoms with Crippen molar-refractivity contribution in [1.29, 1.82) is 0 Å². The summed E-state index contributed by atoms with van der Waals surface area (Å²) in [6, 6.07) is 4.49. The molecule has 0 aliphatic rings. The van der Waals surface area contributed by atoms with Gasteiger partial charge in [0.2, 0.25) is 0 Å². The molecule has 0 radical (unpaired) electrons. The summed E-state index contributed by atoms with van der Waals surface area (Å²) in [5.41, 5.74) is 3.00. The zero-order chi connectivity index (χ0) is 16.1. The number of benzene rings is 1. The molecule has 0 saturated heterocycles. The highest BCUT2D eigenvalue weighted by atomic mass is 35.5. The van der Waals surface area contributed by atoms with E-state index in [0.29, 0.717) is 30.8 Å². The lowest BCUT2D eigenvalue weighted by atomic mass is 10.1. The number of rotatable bonds is 6. The molecule has 2 rings (SSSR count). The number of carbonyl (C=O) groups excluding carboxylic acids is 1. The molecule has 7 heteroatoms. The van der Waals surface area contributed by atoms with Crippen molar-refractivity contribution in [2.75, 3.05) is 13.1 Å². The Morgan fingerprint density at radius 2 is 2.00 bits per heavy atom. The van der Waals surface area contributed by atoms with Crippen molar-refractivity contribution in [2.24, 2.45) is 7.05 Å². The van der Waals surface area contributed by atoms with Gasteiger partial charge in [-0.05, 0) is 37.1 Å². The molecule has 0 saturated carbocycles. The first kappa shape index (κ1) is 19.1. The molecule has 0 fully saturated rings. The summed E-state index contributed by atoms with van der Waals surface area (Å²) in [5, 5.41) is 10.3. The van der Waals surface area contributed by atoms with E-state index in [0.717, 1.165) is 11.3 Å². The van der Waals surface area contributed by atoms with E-state index in [1.165, 1.54) is 6.07 Å². The average molecular weight is 341 g/mol. The summed E-state index contributed by atoms with van der Waals surface area (Å²) in [6.45, 7) is 5.43. The number of hydrogen-bond acceptors (Lipinski definition) is 3. The summed E-state index contributed by atoms with van der Waals surface area (Å²) in [5.74, 6) is -0.633. The first-order chi connectivity index (χ1) is 10.5. The number of nitrogens with one attached hydrogen (secondary N) is 2. The Morgan fingerprint density at radius 1 is 1.26 bits per heavy atom. The van der Waals surface area contributed by atoms with Gasteiger partial charge in [0, 0.05) is 38.4 Å². The van der Waals surface area contributed by atoms with Crippen LogP contribution >= 0.6 is 12.4 Å². The molecular formula is C16H22ClFN4O. The molecule has 2 aromatic rings. The molecule has 0 spiro atoms. The zero-order valence-electron chi connectivity index (χ0n) is 13.5. The van der Waals surface area contributed by atoms with Crippen LogP contribution in [-0.4, -0.2) is 28.8 Å². The van der Waals surface area contributed by atoms with Gasteiger partial charge in [-0.15, -0.1) is 12.4 Å². The van der Waals surface area contributed by atoms with Crippen LogP contribution in [0.3, 0.4) is 0 Å². The lowest BCUT2D eigenvalue weighted by molar-refractivity contribution is 0.0953. The number of aromatic nitrogens is 2. The second-order valence-corrected chi connectivity index (χ2v) is 5.33. The fraction of sp³-hybridized carbons (Fsp3) is 0.375. The van der Waals surface area contributed by atoms with Gasteiger partial charge in [-0.2, -0.15) is 5.10 Å². The molecule has 0 aliphatic heterocycles. The summed E-state index contributed by atoms with van der Waals surface area (Å²) in [4.78, 5) is 11.9. The van der Waals surface area contributed by atoms with Crippen molar-refractivity contribution in [1.82, 2.24) is 20.4 Å². The SMILES string of the molecule is Cc1ccc(C(=O)NCCNCc2nn(C)cc2C)cc1F.Cl. The molecule has 126 valence electrons. The Kier molecular flexibility index (Phi) is 7.19. The fourth-order valence-electron chi connectivity index (χ4n) is 2.14. The average Bonchev–Trinajstić information content (AvgIpc) is 2.79. The maximum Gasteiger partial charge on any atom is 0.251 e. The van der Waals surface area contributed by atoms with Crippen LogP contribution in [0.5, 0.6) is 0 Å². The number of amides is 1. The van der Waals surface area contributed by atoms with Crippen molar-refractivity contribution in [2.45, 2.75) is 20.4 Å². The van der Waals surface area contributed by atoms with E-state index in [4.69, 9.17) is 0 Å². The molecule has 0 atom stereocenters. The predicted octanol–water partition coefficient (Wildman–Crippen LogP) is 2.12. The van der Waals surface area contributed by atoms with Crippen LogP contribution in [0.25, 0.3) is 0 Å². The molecule has 2 N–H and O–H groups in total. The van der Waals surface area contributed by atoms with E-state index in [1.807, 2.05) is 20.2 Å². The number of halogens is 2. The molecule has 1 amide bonds. The lowest BCUT2D eigenvalue weighted by Gasteiger charge is -2.07. The molecule has 0 bridgehead atoms. The van der Waals surface area contributed by atoms with Crippen molar-refractivity contribution in [3.05, 3.63) is 52.6 Å². The monoisotopic (exact) mass is 340 g/mol. The third-order valence-electron chi connectivity index (χ3n) is 3.43. The molecule has 1 heterocycles. The second kappa shape index (κ2) is 8.64. The first-order valence-electron chi connectivity index (χ1n) is 7.21. The number of aryl methyl sites for hydroxylation is 3. The summed E-state index contributed by atoms with van der Waals surface area (Å²) in [6.07, 6.45) is 1.96. The normalized spacial score (nSPS) is 10.3. The standard InChI is InChI=1S/C16H21FN4O.ClH/c1-11-4-5-13(8-14(11)17)16(22)19-7-6-18-9-15-12(2)10-21(3)20-15;/h4-5,8,10,18H,6-7,9H2,1-3H3,(H,19,22);1H. The molecule has 1 aromatic heterocycles. The topological polar surface area (TPSA) is 59.0 Å². The van der Waals surface area contributed by atoms with Gasteiger partial charge in [0.25, 0.3) is 5.91 Å². The Labute approximate surface area is 141 Å². The first-order valence-corrected chi connectivity index (χ1v) is 7.21. The van der Waals surface area contributed by atoms with Gasteiger partial charge in [-0.3, -0.25) is 9.48 Å². The maximum atomic E-state index is 13.4. The van der Waals surface area contributed by atoms with Gasteiger partial charge in [-0.1, -0.05) is 6.07 Å². The zero-order valence-corrected chi connectivity index (χ0v) is 14.3. The Bertz CT molecular complexity index is 672. The van der Waals surface area contributed by atoms with Gasteiger partial charge in [0.15, 0.2) is 0 Å². The van der Waals surface area contributed by atoms with Gasteiger partial charge < -0.3 is 10.6 Å². The highest BCUT2D eigenvalue weighted by Crippen LogP contribution is 2.08. The minimum Gasteiger partial charge on any atom is -0.351 e. The summed E-state index contributed by atoms with van der Waals surface area (Å²) >= 11 is 0. The van der Waals surface area contributed by atoms with Gasteiger partial charge >= 0.3 is 0 Å². The molecule has 0 unspecified atom stereocenters. The lowest BCUT2D eigenvalue weighted by Crippen LogP contribution is -2.31. The minimum atomic E-state index is -0.364. The molecular weight excluding hydrogens is 319 g/mol. The highest BCUT2D eigenvalue weighted by molar-refractivity contribution is 5.94. The highest BCUT2D eigenvalue weighted by Gasteiger charge is 2.07. The van der Waals surface area contributed by atoms with Crippen molar-refractivity contribution in [3.8, 4) is 0 Å². The van der Waals surface area contributed by atoms with Crippen LogP contribution < -0.4 is 10.6 Å². The third kappa shape index (κ3) is 5.33. The van der Waals surface area contributed by atoms with Crippen LogP contribution in [0.15, 0.2) is 24.4 Å². The van der Waals surface area contributed by atoms with E-state index in [1.54, 1.807) is 23.7 Å². The molecule has 5 nitrogen and oxygen atoms in total. The summed E-state index contributed by atoms with van der Waals surface area (Å²) < 4.78 is 15.2. The van der Waals surface area contributed by atoms with E-state index < -0.39 is 0 Å². The largest absolute Gasteiger partial charge is 0.351 e. The van der Waals surface area contributed by atoms with Crippen molar-refractivity contribution in [3.63, 3.8) is 0 Å². The van der Waals surface area contributed by atoms with Crippen LogP contribution in [0.1, 0.15) is 27.2 Å². The fourth-order valence-corrected chi connectivity index (χ4v) is 2.14. The van der Waals surface area contributed by atoms with E-state index in [-0.39, 0.29) is 24.1 Å². The number of hydrogen-bond donors (Lipinski definition) is 2. The van der Waals surface area contributed by atoms with Crippen LogP contribution in [0.4, 0.5) is 4.39 Å². The molecule has 0 aliphatic carbocycles. The quantitative estimate of drug-likeness (QED) is 0.792. The molecule has 23 heavy (non-hydrogen) atoms. The maximum absolute atomic E-state index is 13.4. The number of nitrogens with zero attached hydrogens (tertiary/aromatic N) is 2. The Balaban J connectivity index is 0.00000264. The predicted molar refractivity (Wildman–Crippen MR) is 90.4 cm³/mol. The van der Waals surface area contributed by atoms with Crippen molar-refractivity contribution < 1.29 is 9.18 Å². The molecule has 1 aromatic carbocycles. The van der Waals surface area contributed by atoms with Crippen LogP contribution in [0.2, 0.25) is 0 Å². The van der Waals surface area contributed by atoms with E-state index in [2.05, 4.69) is 15.7 Å². The van der Waals surface area contributed by atoms with Gasteiger partial charge in [-0.25, -0.2) is 4.39 Å². The van der Waals surface area contributed by atoms with Crippen molar-refractivity contribution >= 4 is 18.3 Å². The Hall–Kier alpha value is -1.92. The van der Waals surface area contributed by atoms with E-state index >= 15 is 0 Å². The number of carbonyl (C=O) groups is 1. The Morgan fingerprint density at radius 3 is 2.61 bits per heavy atom. The third-order valence-corrected chi connectivity index (χ3v) is 3.43. The van der Waals surface area contributed by atoms with Crippen LogP contribution in [-0.2, 0) is 13.6 Å². The van der Waals surface area contributed by atoms with Gasteiger partial charge in [0.05, 0.1) is 5.69 Å². The minimum absolute atomic E-state index is 0. The van der Waals surface area contributed by atoms with Gasteiger partial charge in [0.1, 0.15) is 5.82 Å².